The van der Waals surface area contributed by atoms with E-state index in [-0.39, 0.29) is 18.0 Å². The van der Waals surface area contributed by atoms with Gasteiger partial charge in [0.25, 0.3) is 0 Å². The highest BCUT2D eigenvalue weighted by Crippen LogP contribution is 2.03. The molecule has 0 aromatic rings. The Kier molecular flexibility index (Phi) is 16.3. The van der Waals surface area contributed by atoms with Gasteiger partial charge >= 0.3 is 11.9 Å². The minimum atomic E-state index is -0.367. The van der Waals surface area contributed by atoms with Crippen molar-refractivity contribution >= 4 is 11.9 Å². The van der Waals surface area contributed by atoms with Gasteiger partial charge in [0, 0.05) is 12.2 Å². The average molecular weight is 451 g/mol. The molecule has 0 aliphatic carbocycles. The van der Waals surface area contributed by atoms with Gasteiger partial charge in [0.05, 0.1) is 13.2 Å². The molecular formula is C29H38O4. The van der Waals surface area contributed by atoms with E-state index < -0.39 is 0 Å². The van der Waals surface area contributed by atoms with Gasteiger partial charge in [-0.05, 0) is 41.0 Å². The predicted octanol–water partition coefficient (Wildman–Crippen LogP) is 7.07. The molecule has 178 valence electrons. The second-order valence-electron chi connectivity index (χ2n) is 7.59. The Hall–Kier alpha value is -3.40. The average Bonchev–Trinajstić information content (AvgIpc) is 2.78. The first-order valence-corrected chi connectivity index (χ1v) is 11.0. The Morgan fingerprint density at radius 2 is 1.03 bits per heavy atom. The van der Waals surface area contributed by atoms with E-state index in [9.17, 15) is 9.59 Å². The van der Waals surface area contributed by atoms with Gasteiger partial charge < -0.3 is 9.47 Å². The van der Waals surface area contributed by atoms with Crippen molar-refractivity contribution in [3.8, 4) is 0 Å². The topological polar surface area (TPSA) is 52.6 Å². The molecule has 0 heterocycles. The normalized spacial score (nSPS) is 15.5. The molecule has 0 aliphatic heterocycles. The number of esters is 2. The molecular weight excluding hydrogens is 412 g/mol. The van der Waals surface area contributed by atoms with Gasteiger partial charge in [0.2, 0.25) is 0 Å². The highest BCUT2D eigenvalue weighted by atomic mass is 16.5. The maximum atomic E-state index is 11.6. The van der Waals surface area contributed by atoms with Crippen LogP contribution in [0.15, 0.2) is 107 Å². The third kappa shape index (κ3) is 17.9. The van der Waals surface area contributed by atoms with Gasteiger partial charge in [0.15, 0.2) is 0 Å². The van der Waals surface area contributed by atoms with Crippen LogP contribution in [0.4, 0.5) is 0 Å². The molecule has 0 saturated heterocycles. The summed E-state index contributed by atoms with van der Waals surface area (Å²) in [6.07, 6.45) is 26.8. The predicted molar refractivity (Wildman–Crippen MR) is 139 cm³/mol. The summed E-state index contributed by atoms with van der Waals surface area (Å²) in [5.74, 6) is -0.685. The molecule has 0 radical (unpaired) electrons. The second kappa shape index (κ2) is 18.2. The SMILES string of the molecule is CCC(C)OC(=O)/C=C/C(C)=C/C=C/C(C)=C/C=C/C=C(C)/C=C/C=C(C)\C=C\C(=O)OC. The zero-order chi connectivity index (χ0) is 25.1. The van der Waals surface area contributed by atoms with E-state index in [1.165, 1.54) is 19.3 Å². The number of hydrogen-bond donors (Lipinski definition) is 0. The second-order valence-corrected chi connectivity index (χ2v) is 7.59. The molecule has 0 aromatic heterocycles. The molecule has 0 bridgehead atoms. The van der Waals surface area contributed by atoms with Crippen molar-refractivity contribution in [1.82, 2.24) is 0 Å². The van der Waals surface area contributed by atoms with E-state index in [1.807, 2.05) is 102 Å². The Balaban J connectivity index is 4.68. The number of hydrogen-bond acceptors (Lipinski definition) is 4. The van der Waals surface area contributed by atoms with Crippen molar-refractivity contribution in [2.75, 3.05) is 7.11 Å². The standard InChI is InChI=1S/C29H38O4/c1-8-27(6)33-29(31)22-20-26(5)18-12-16-24(3)14-10-9-13-23(2)15-11-17-25(4)19-21-28(30)32-7/h9-22,27H,8H2,1-7H3/b10-9+,15-11+,16-12+,21-19+,22-20+,23-13+,24-14+,25-17-,26-18+. The number of carbonyl (C=O) groups is 2. The van der Waals surface area contributed by atoms with Crippen LogP contribution in [0, 0.1) is 0 Å². The molecule has 0 spiro atoms. The van der Waals surface area contributed by atoms with E-state index >= 15 is 0 Å². The van der Waals surface area contributed by atoms with E-state index in [1.54, 1.807) is 12.2 Å². The van der Waals surface area contributed by atoms with Crippen LogP contribution < -0.4 is 0 Å². The molecule has 0 amide bonds. The summed E-state index contributed by atoms with van der Waals surface area (Å²) in [7, 11) is 1.35. The molecule has 1 atom stereocenters. The van der Waals surface area contributed by atoms with Crippen LogP contribution in [0.2, 0.25) is 0 Å². The molecule has 0 fully saturated rings. The first-order chi connectivity index (χ1) is 15.7. The minimum absolute atomic E-state index is 0.0652. The number of ether oxygens (including phenoxy) is 2. The number of allylic oxidation sites excluding steroid dienone is 16. The highest BCUT2D eigenvalue weighted by Gasteiger charge is 2.02. The Morgan fingerprint density at radius 1 is 0.636 bits per heavy atom. The largest absolute Gasteiger partial charge is 0.466 e. The van der Waals surface area contributed by atoms with Crippen molar-refractivity contribution in [3.05, 3.63) is 107 Å². The zero-order valence-corrected chi connectivity index (χ0v) is 21.0. The molecule has 33 heavy (non-hydrogen) atoms. The van der Waals surface area contributed by atoms with Gasteiger partial charge in [0.1, 0.15) is 0 Å². The quantitative estimate of drug-likeness (QED) is 0.181. The van der Waals surface area contributed by atoms with Crippen LogP contribution in [0.3, 0.4) is 0 Å². The molecule has 0 rings (SSSR count). The number of carbonyl (C=O) groups excluding carboxylic acids is 2. The summed E-state index contributed by atoms with van der Waals surface area (Å²) in [5.41, 5.74) is 4.13. The Morgan fingerprint density at radius 3 is 1.45 bits per heavy atom. The first-order valence-electron chi connectivity index (χ1n) is 11.0. The van der Waals surface area contributed by atoms with Crippen molar-refractivity contribution < 1.29 is 19.1 Å². The Bertz CT molecular complexity index is 900. The first kappa shape index (κ1) is 29.6. The summed E-state index contributed by atoms with van der Waals surface area (Å²) in [4.78, 5) is 22.7. The molecule has 4 heteroatoms. The smallest absolute Gasteiger partial charge is 0.331 e. The molecule has 0 aliphatic rings. The summed E-state index contributed by atoms with van der Waals surface area (Å²) in [6.45, 7) is 11.7. The lowest BCUT2D eigenvalue weighted by Gasteiger charge is -2.07. The lowest BCUT2D eigenvalue weighted by Crippen LogP contribution is -2.11. The lowest BCUT2D eigenvalue weighted by atomic mass is 10.2. The van der Waals surface area contributed by atoms with E-state index in [0.717, 1.165) is 28.7 Å². The van der Waals surface area contributed by atoms with Gasteiger partial charge in [-0.2, -0.15) is 0 Å². The summed E-state index contributed by atoms with van der Waals surface area (Å²) in [5, 5.41) is 0. The highest BCUT2D eigenvalue weighted by molar-refractivity contribution is 5.82. The van der Waals surface area contributed by atoms with Gasteiger partial charge in [-0.15, -0.1) is 0 Å². The molecule has 0 saturated carbocycles. The van der Waals surface area contributed by atoms with Crippen LogP contribution >= 0.6 is 0 Å². The van der Waals surface area contributed by atoms with Crippen molar-refractivity contribution in [1.29, 1.82) is 0 Å². The molecule has 1 unspecified atom stereocenters. The lowest BCUT2D eigenvalue weighted by molar-refractivity contribution is -0.142. The fraction of sp³-hybridized carbons (Fsp3) is 0.310. The van der Waals surface area contributed by atoms with Crippen LogP contribution in [0.5, 0.6) is 0 Å². The molecule has 0 N–H and O–H groups in total. The number of methoxy groups -OCH3 is 1. The number of rotatable bonds is 12. The zero-order valence-electron chi connectivity index (χ0n) is 21.0. The molecule has 4 nitrogen and oxygen atoms in total. The van der Waals surface area contributed by atoms with Crippen molar-refractivity contribution in [2.45, 2.75) is 54.1 Å². The molecule has 0 aromatic carbocycles. The van der Waals surface area contributed by atoms with Crippen LogP contribution in [-0.4, -0.2) is 25.2 Å². The maximum absolute atomic E-state index is 11.6. The van der Waals surface area contributed by atoms with Crippen molar-refractivity contribution in [3.63, 3.8) is 0 Å². The van der Waals surface area contributed by atoms with E-state index in [4.69, 9.17) is 4.74 Å². The maximum Gasteiger partial charge on any atom is 0.331 e. The summed E-state index contributed by atoms with van der Waals surface area (Å²) < 4.78 is 9.76. The summed E-state index contributed by atoms with van der Waals surface area (Å²) >= 11 is 0. The third-order valence-electron chi connectivity index (χ3n) is 4.32. The van der Waals surface area contributed by atoms with E-state index in [2.05, 4.69) is 4.74 Å². The van der Waals surface area contributed by atoms with Gasteiger partial charge in [-0.25, -0.2) is 9.59 Å². The van der Waals surface area contributed by atoms with Crippen LogP contribution in [-0.2, 0) is 19.1 Å². The van der Waals surface area contributed by atoms with E-state index in [0.29, 0.717) is 0 Å². The Labute approximate surface area is 199 Å². The third-order valence-corrected chi connectivity index (χ3v) is 4.32. The summed E-state index contributed by atoms with van der Waals surface area (Å²) in [6, 6.07) is 0. The van der Waals surface area contributed by atoms with Crippen LogP contribution in [0.25, 0.3) is 0 Å². The van der Waals surface area contributed by atoms with Gasteiger partial charge in [-0.3, -0.25) is 0 Å². The van der Waals surface area contributed by atoms with Crippen molar-refractivity contribution in [2.24, 2.45) is 0 Å². The minimum Gasteiger partial charge on any atom is -0.466 e. The monoisotopic (exact) mass is 450 g/mol. The van der Waals surface area contributed by atoms with Crippen LogP contribution in [0.1, 0.15) is 48.0 Å². The van der Waals surface area contributed by atoms with Gasteiger partial charge in [-0.1, -0.05) is 102 Å². The fourth-order valence-corrected chi connectivity index (χ4v) is 2.13. The fourth-order valence-electron chi connectivity index (χ4n) is 2.13.